The summed E-state index contributed by atoms with van der Waals surface area (Å²) < 4.78 is 1.99. The Bertz CT molecular complexity index is 81.1. The summed E-state index contributed by atoms with van der Waals surface area (Å²) in [5.74, 6) is 0. The van der Waals surface area contributed by atoms with Crippen LogP contribution in [0.5, 0.6) is 0 Å². The van der Waals surface area contributed by atoms with E-state index >= 15 is 0 Å². The molecule has 56 valence electrons. The van der Waals surface area contributed by atoms with Gasteiger partial charge in [0.05, 0.1) is 0 Å². The molecule has 0 spiro atoms. The van der Waals surface area contributed by atoms with Gasteiger partial charge in [-0.3, -0.25) is 0 Å². The molecule has 0 radical (unpaired) electrons. The average molecular weight is 147 g/mol. The van der Waals surface area contributed by atoms with E-state index in [9.17, 15) is 4.80 Å². The molecule has 0 atom stereocenters. The second-order valence-electron chi connectivity index (χ2n) is 2.58. The van der Waals surface area contributed by atoms with E-state index in [-0.39, 0.29) is 0 Å². The van der Waals surface area contributed by atoms with Crippen molar-refractivity contribution in [3.05, 3.63) is 0 Å². The van der Waals surface area contributed by atoms with Crippen LogP contribution in [0.4, 0.5) is 0 Å². The van der Waals surface area contributed by atoms with Crippen LogP contribution in [0.15, 0.2) is 0 Å². The Morgan fingerprint density at radius 1 is 1.22 bits per heavy atom. The summed E-state index contributed by atoms with van der Waals surface area (Å²) in [5.41, 5.74) is 0. The summed E-state index contributed by atoms with van der Waals surface area (Å²) in [6, 6.07) is 1.85. The van der Waals surface area contributed by atoms with Crippen LogP contribution < -0.4 is 0 Å². The molecule has 0 aliphatic heterocycles. The third-order valence-electron chi connectivity index (χ3n) is 1.96. The Hall–Kier alpha value is 0.137. The quantitative estimate of drug-likeness (QED) is 0.603. The largest absolute Gasteiger partial charge is 0.419 e. The molecule has 0 bridgehead atoms. The van der Waals surface area contributed by atoms with Crippen molar-refractivity contribution in [3.8, 4) is 0 Å². The Morgan fingerprint density at radius 3 is 1.56 bits per heavy atom. The molecule has 0 aromatic carbocycles. The Morgan fingerprint density at radius 2 is 1.56 bits per heavy atom. The molecular weight excluding hydrogens is 130 g/mol. The van der Waals surface area contributed by atoms with Crippen molar-refractivity contribution in [1.29, 1.82) is 0 Å². The molecule has 3 heteroatoms. The Balaban J connectivity index is 3.92. The van der Waals surface area contributed by atoms with Gasteiger partial charge in [-0.25, -0.2) is 0 Å². The Kier molecular flexibility index (Phi) is 3.39. The SMILES string of the molecule is CC[Si](O)(CC)N(C)C. The van der Waals surface area contributed by atoms with Crippen LogP contribution in [0, 0.1) is 0 Å². The van der Waals surface area contributed by atoms with Crippen molar-refractivity contribution in [1.82, 2.24) is 4.57 Å². The fourth-order valence-corrected chi connectivity index (χ4v) is 2.65. The normalized spacial score (nSPS) is 12.7. The second kappa shape index (κ2) is 3.34. The topological polar surface area (TPSA) is 23.5 Å². The number of nitrogens with zero attached hydrogens (tertiary/aromatic N) is 1. The molecule has 0 aromatic rings. The Labute approximate surface area is 58.7 Å². The van der Waals surface area contributed by atoms with E-state index in [1.54, 1.807) is 0 Å². The highest BCUT2D eigenvalue weighted by molar-refractivity contribution is 6.69. The molecule has 0 aliphatic carbocycles. The van der Waals surface area contributed by atoms with Crippen molar-refractivity contribution in [2.75, 3.05) is 14.1 Å². The highest BCUT2D eigenvalue weighted by Gasteiger charge is 2.29. The molecule has 0 heterocycles. The molecule has 9 heavy (non-hydrogen) atoms. The van der Waals surface area contributed by atoms with Gasteiger partial charge in [0, 0.05) is 0 Å². The van der Waals surface area contributed by atoms with Crippen molar-refractivity contribution in [2.45, 2.75) is 25.9 Å². The predicted octanol–water partition coefficient (Wildman–Crippen LogP) is 1.02. The van der Waals surface area contributed by atoms with Gasteiger partial charge in [0.2, 0.25) is 0 Å². The first-order valence-corrected chi connectivity index (χ1v) is 5.77. The van der Waals surface area contributed by atoms with Crippen LogP contribution in [0.25, 0.3) is 0 Å². The maximum atomic E-state index is 9.77. The molecule has 0 saturated carbocycles. The molecule has 0 fully saturated rings. The fourth-order valence-electron chi connectivity index (χ4n) is 0.882. The number of hydrogen-bond acceptors (Lipinski definition) is 2. The standard InChI is InChI=1S/C6H17NOSi/c1-5-9(8,6-2)7(3)4/h8H,5-6H2,1-4H3. The first-order valence-electron chi connectivity index (χ1n) is 3.46. The van der Waals surface area contributed by atoms with Crippen molar-refractivity contribution in [2.24, 2.45) is 0 Å². The van der Waals surface area contributed by atoms with Gasteiger partial charge in [0.25, 0.3) is 8.48 Å². The van der Waals surface area contributed by atoms with Gasteiger partial charge < -0.3 is 9.36 Å². The summed E-state index contributed by atoms with van der Waals surface area (Å²) in [5, 5.41) is 0. The van der Waals surface area contributed by atoms with E-state index in [0.29, 0.717) is 0 Å². The zero-order valence-electron chi connectivity index (χ0n) is 6.81. The van der Waals surface area contributed by atoms with Gasteiger partial charge in [-0.1, -0.05) is 13.8 Å². The van der Waals surface area contributed by atoms with Gasteiger partial charge in [-0.2, -0.15) is 0 Å². The van der Waals surface area contributed by atoms with Crippen molar-refractivity contribution >= 4 is 8.48 Å². The molecular formula is C6H17NOSi. The van der Waals surface area contributed by atoms with Gasteiger partial charge in [0.15, 0.2) is 0 Å². The second-order valence-corrected chi connectivity index (χ2v) is 6.86. The number of hydrogen-bond donors (Lipinski definition) is 1. The molecule has 0 unspecified atom stereocenters. The van der Waals surface area contributed by atoms with E-state index in [1.165, 1.54) is 0 Å². The average Bonchev–Trinajstić information content (AvgIpc) is 1.86. The zero-order valence-corrected chi connectivity index (χ0v) is 7.81. The van der Waals surface area contributed by atoms with E-state index < -0.39 is 8.48 Å². The monoisotopic (exact) mass is 147 g/mol. The summed E-state index contributed by atoms with van der Waals surface area (Å²) in [6.07, 6.45) is 0. The highest BCUT2D eigenvalue weighted by atomic mass is 28.4. The minimum Gasteiger partial charge on any atom is -0.419 e. The maximum Gasteiger partial charge on any atom is 0.267 e. The lowest BCUT2D eigenvalue weighted by molar-refractivity contribution is 0.418. The molecule has 1 N–H and O–H groups in total. The van der Waals surface area contributed by atoms with Crippen LogP contribution in [-0.2, 0) is 0 Å². The summed E-state index contributed by atoms with van der Waals surface area (Å²) in [6.45, 7) is 4.10. The first-order chi connectivity index (χ1) is 4.06. The lowest BCUT2D eigenvalue weighted by Gasteiger charge is -2.28. The molecule has 0 saturated heterocycles. The predicted molar refractivity (Wildman–Crippen MR) is 42.6 cm³/mol. The molecule has 0 aliphatic rings. The summed E-state index contributed by atoms with van der Waals surface area (Å²) >= 11 is 0. The number of rotatable bonds is 3. The van der Waals surface area contributed by atoms with Crippen molar-refractivity contribution < 1.29 is 4.80 Å². The third-order valence-corrected chi connectivity index (χ3v) is 5.89. The van der Waals surface area contributed by atoms with Gasteiger partial charge >= 0.3 is 0 Å². The van der Waals surface area contributed by atoms with Gasteiger partial charge in [-0.15, -0.1) is 0 Å². The van der Waals surface area contributed by atoms with Crippen LogP contribution in [-0.4, -0.2) is 31.9 Å². The third kappa shape index (κ3) is 2.08. The maximum absolute atomic E-state index is 9.77. The first kappa shape index (κ1) is 9.14. The molecule has 0 amide bonds. The van der Waals surface area contributed by atoms with E-state index in [0.717, 1.165) is 12.1 Å². The van der Waals surface area contributed by atoms with Gasteiger partial charge in [-0.05, 0) is 26.2 Å². The van der Waals surface area contributed by atoms with Crippen LogP contribution >= 0.6 is 0 Å². The van der Waals surface area contributed by atoms with Gasteiger partial charge in [0.1, 0.15) is 0 Å². The molecule has 0 rings (SSSR count). The lowest BCUT2D eigenvalue weighted by atomic mass is 10.9. The van der Waals surface area contributed by atoms with E-state index in [2.05, 4.69) is 13.8 Å². The smallest absolute Gasteiger partial charge is 0.267 e. The van der Waals surface area contributed by atoms with Crippen LogP contribution in [0.3, 0.4) is 0 Å². The molecule has 0 aromatic heterocycles. The minimum absolute atomic E-state index is 0.927. The lowest BCUT2D eigenvalue weighted by Crippen LogP contribution is -2.48. The van der Waals surface area contributed by atoms with E-state index in [4.69, 9.17) is 0 Å². The molecule has 2 nitrogen and oxygen atoms in total. The summed E-state index contributed by atoms with van der Waals surface area (Å²) in [7, 11) is 1.97. The van der Waals surface area contributed by atoms with Crippen LogP contribution in [0.1, 0.15) is 13.8 Å². The fraction of sp³-hybridized carbons (Fsp3) is 1.00. The summed E-state index contributed by atoms with van der Waals surface area (Å²) in [4.78, 5) is 9.77. The highest BCUT2D eigenvalue weighted by Crippen LogP contribution is 2.12. The van der Waals surface area contributed by atoms with E-state index in [1.807, 2.05) is 18.7 Å². The van der Waals surface area contributed by atoms with Crippen LogP contribution in [0.2, 0.25) is 12.1 Å². The van der Waals surface area contributed by atoms with Crippen molar-refractivity contribution in [3.63, 3.8) is 0 Å². The minimum atomic E-state index is -1.94. The zero-order chi connectivity index (χ0) is 7.49.